The first-order valence-electron chi connectivity index (χ1n) is 7.94. The molecule has 2 nitrogen and oxygen atoms in total. The monoisotopic (exact) mass is 296 g/mol. The number of fused-ring (bicyclic) bond motifs is 7. The van der Waals surface area contributed by atoms with E-state index in [0.717, 1.165) is 5.52 Å². The molecule has 110 valence electrons. The normalized spacial score (nSPS) is 14.9. The highest BCUT2D eigenvalue weighted by molar-refractivity contribution is 6.05. The van der Waals surface area contributed by atoms with Crippen LogP contribution in [0.2, 0.25) is 0 Å². The van der Waals surface area contributed by atoms with Crippen LogP contribution >= 0.6 is 0 Å². The lowest BCUT2D eigenvalue weighted by atomic mass is 9.81. The van der Waals surface area contributed by atoms with Crippen LogP contribution in [0, 0.1) is 0 Å². The SMILES string of the molecule is CC1(C)c2cnc3ccccc3c2-c2ccc3cnccc3c21. The van der Waals surface area contributed by atoms with Gasteiger partial charge in [0, 0.05) is 34.8 Å². The zero-order chi connectivity index (χ0) is 15.6. The molecule has 0 aliphatic heterocycles. The van der Waals surface area contributed by atoms with Crippen molar-refractivity contribution < 1.29 is 0 Å². The number of pyridine rings is 2. The van der Waals surface area contributed by atoms with Gasteiger partial charge < -0.3 is 0 Å². The summed E-state index contributed by atoms with van der Waals surface area (Å²) in [5.41, 5.74) is 6.39. The van der Waals surface area contributed by atoms with Crippen molar-refractivity contribution in [2.45, 2.75) is 19.3 Å². The standard InChI is InChI=1S/C21H16N2/c1-21(2)17-12-23-18-6-4-3-5-15(18)19(17)16-8-7-13-11-22-10-9-14(13)20(16)21/h3-12H,1-2H3. The Morgan fingerprint density at radius 3 is 2.65 bits per heavy atom. The molecular weight excluding hydrogens is 280 g/mol. The van der Waals surface area contributed by atoms with Crippen molar-refractivity contribution in [3.8, 4) is 11.1 Å². The molecule has 2 aromatic carbocycles. The van der Waals surface area contributed by atoms with E-state index in [1.165, 1.54) is 38.4 Å². The van der Waals surface area contributed by atoms with Gasteiger partial charge in [0.1, 0.15) is 0 Å². The lowest BCUT2D eigenvalue weighted by Gasteiger charge is -2.22. The molecule has 2 aromatic heterocycles. The summed E-state index contributed by atoms with van der Waals surface area (Å²) in [6, 6.07) is 15.0. The molecule has 2 heteroatoms. The molecule has 4 aromatic rings. The third-order valence-corrected chi connectivity index (χ3v) is 5.16. The van der Waals surface area contributed by atoms with E-state index in [9.17, 15) is 0 Å². The molecule has 0 saturated carbocycles. The molecule has 0 unspecified atom stereocenters. The maximum atomic E-state index is 4.70. The third kappa shape index (κ3) is 1.53. The second-order valence-corrected chi connectivity index (χ2v) is 6.77. The van der Waals surface area contributed by atoms with Gasteiger partial charge in [-0.1, -0.05) is 44.2 Å². The van der Waals surface area contributed by atoms with Crippen LogP contribution in [0.4, 0.5) is 0 Å². The Morgan fingerprint density at radius 1 is 0.870 bits per heavy atom. The van der Waals surface area contributed by atoms with E-state index in [4.69, 9.17) is 4.98 Å². The van der Waals surface area contributed by atoms with Gasteiger partial charge in [0.2, 0.25) is 0 Å². The molecule has 5 rings (SSSR count). The Balaban J connectivity index is 2.01. The van der Waals surface area contributed by atoms with E-state index in [-0.39, 0.29) is 5.41 Å². The van der Waals surface area contributed by atoms with Crippen molar-refractivity contribution in [3.05, 3.63) is 72.2 Å². The largest absolute Gasteiger partial charge is 0.264 e. The number of benzene rings is 2. The minimum absolute atomic E-state index is 0.0530. The Hall–Kier alpha value is -2.74. The fourth-order valence-corrected chi connectivity index (χ4v) is 4.09. The summed E-state index contributed by atoms with van der Waals surface area (Å²) < 4.78 is 0. The highest BCUT2D eigenvalue weighted by atomic mass is 14.7. The summed E-state index contributed by atoms with van der Waals surface area (Å²) in [6.07, 6.45) is 5.90. The molecule has 0 bridgehead atoms. The summed E-state index contributed by atoms with van der Waals surface area (Å²) in [7, 11) is 0. The van der Waals surface area contributed by atoms with Crippen molar-refractivity contribution in [2.75, 3.05) is 0 Å². The molecule has 2 heterocycles. The first-order valence-corrected chi connectivity index (χ1v) is 7.94. The first kappa shape index (κ1) is 12.8. The van der Waals surface area contributed by atoms with Crippen molar-refractivity contribution in [1.29, 1.82) is 0 Å². The van der Waals surface area contributed by atoms with Crippen molar-refractivity contribution in [3.63, 3.8) is 0 Å². The molecule has 0 amide bonds. The summed E-state index contributed by atoms with van der Waals surface area (Å²) in [5, 5.41) is 3.73. The first-order chi connectivity index (χ1) is 11.2. The fraction of sp³-hybridized carbons (Fsp3) is 0.143. The van der Waals surface area contributed by atoms with Crippen LogP contribution in [0.25, 0.3) is 32.8 Å². The average Bonchev–Trinajstić information content (AvgIpc) is 2.83. The van der Waals surface area contributed by atoms with E-state index in [0.29, 0.717) is 0 Å². The minimum Gasteiger partial charge on any atom is -0.264 e. The predicted molar refractivity (Wildman–Crippen MR) is 94.6 cm³/mol. The maximum Gasteiger partial charge on any atom is 0.0708 e. The number of nitrogens with zero attached hydrogens (tertiary/aromatic N) is 2. The highest BCUT2D eigenvalue weighted by Gasteiger charge is 2.38. The van der Waals surface area contributed by atoms with E-state index in [1.54, 1.807) is 0 Å². The highest BCUT2D eigenvalue weighted by Crippen LogP contribution is 2.52. The van der Waals surface area contributed by atoms with E-state index < -0.39 is 0 Å². The molecule has 0 N–H and O–H groups in total. The molecule has 0 radical (unpaired) electrons. The van der Waals surface area contributed by atoms with Crippen LogP contribution in [0.3, 0.4) is 0 Å². The minimum atomic E-state index is -0.0530. The summed E-state index contributed by atoms with van der Waals surface area (Å²) in [5.74, 6) is 0. The van der Waals surface area contributed by atoms with Crippen molar-refractivity contribution in [1.82, 2.24) is 9.97 Å². The molecule has 1 aliphatic rings. The summed E-state index contributed by atoms with van der Waals surface area (Å²) in [4.78, 5) is 8.97. The molecule has 23 heavy (non-hydrogen) atoms. The summed E-state index contributed by atoms with van der Waals surface area (Å²) >= 11 is 0. The molecule has 0 atom stereocenters. The van der Waals surface area contributed by atoms with Gasteiger partial charge in [-0.15, -0.1) is 0 Å². The Labute approximate surface area is 134 Å². The van der Waals surface area contributed by atoms with Crippen LogP contribution in [0.5, 0.6) is 0 Å². The lowest BCUT2D eigenvalue weighted by Crippen LogP contribution is -2.15. The van der Waals surface area contributed by atoms with Crippen molar-refractivity contribution in [2.24, 2.45) is 0 Å². The van der Waals surface area contributed by atoms with E-state index >= 15 is 0 Å². The second kappa shape index (κ2) is 4.17. The third-order valence-electron chi connectivity index (χ3n) is 5.16. The Kier molecular flexibility index (Phi) is 2.31. The van der Waals surface area contributed by atoms with Crippen LogP contribution < -0.4 is 0 Å². The molecule has 1 aliphatic carbocycles. The molecule has 0 spiro atoms. The molecule has 0 fully saturated rings. The van der Waals surface area contributed by atoms with Gasteiger partial charge in [0.05, 0.1) is 5.52 Å². The van der Waals surface area contributed by atoms with E-state index in [1.807, 2.05) is 12.4 Å². The lowest BCUT2D eigenvalue weighted by molar-refractivity contribution is 0.664. The van der Waals surface area contributed by atoms with Gasteiger partial charge in [0.15, 0.2) is 0 Å². The predicted octanol–water partition coefficient (Wildman–Crippen LogP) is 5.09. The van der Waals surface area contributed by atoms with Gasteiger partial charge in [-0.2, -0.15) is 0 Å². The van der Waals surface area contributed by atoms with Gasteiger partial charge in [-0.05, 0) is 39.8 Å². The quantitative estimate of drug-likeness (QED) is 0.452. The average molecular weight is 296 g/mol. The number of hydrogen-bond acceptors (Lipinski definition) is 2. The molecule has 0 saturated heterocycles. The number of aromatic nitrogens is 2. The number of rotatable bonds is 0. The maximum absolute atomic E-state index is 4.70. The van der Waals surface area contributed by atoms with Crippen LogP contribution in [-0.2, 0) is 5.41 Å². The topological polar surface area (TPSA) is 25.8 Å². The zero-order valence-electron chi connectivity index (χ0n) is 13.2. The van der Waals surface area contributed by atoms with Gasteiger partial charge in [-0.3, -0.25) is 9.97 Å². The smallest absolute Gasteiger partial charge is 0.0708 e. The van der Waals surface area contributed by atoms with Gasteiger partial charge >= 0.3 is 0 Å². The van der Waals surface area contributed by atoms with Crippen LogP contribution in [0.15, 0.2) is 61.1 Å². The number of hydrogen-bond donors (Lipinski definition) is 0. The van der Waals surface area contributed by atoms with Crippen LogP contribution in [0.1, 0.15) is 25.0 Å². The van der Waals surface area contributed by atoms with Gasteiger partial charge in [-0.25, -0.2) is 0 Å². The zero-order valence-corrected chi connectivity index (χ0v) is 13.2. The van der Waals surface area contributed by atoms with E-state index in [2.05, 4.69) is 67.5 Å². The van der Waals surface area contributed by atoms with Crippen LogP contribution in [-0.4, -0.2) is 9.97 Å². The Morgan fingerprint density at radius 2 is 1.74 bits per heavy atom. The second-order valence-electron chi connectivity index (χ2n) is 6.77. The van der Waals surface area contributed by atoms with Gasteiger partial charge in [0.25, 0.3) is 0 Å². The van der Waals surface area contributed by atoms with Crippen molar-refractivity contribution >= 4 is 21.7 Å². The summed E-state index contributed by atoms with van der Waals surface area (Å²) in [6.45, 7) is 4.60. The fourth-order valence-electron chi connectivity index (χ4n) is 4.09. The Bertz CT molecular complexity index is 1090. The number of para-hydroxylation sites is 1. The molecular formula is C21H16N2.